The Morgan fingerprint density at radius 2 is 2.05 bits per heavy atom. The van der Waals surface area contributed by atoms with Crippen LogP contribution in [-0.2, 0) is 11.3 Å². The van der Waals surface area contributed by atoms with Gasteiger partial charge in [-0.1, -0.05) is 22.0 Å². The van der Waals surface area contributed by atoms with Crippen LogP contribution in [0, 0.1) is 0 Å². The monoisotopic (exact) mass is 338 g/mol. The van der Waals surface area contributed by atoms with Crippen LogP contribution in [0.4, 0.5) is 5.69 Å². The maximum Gasteiger partial charge on any atom is 0.242 e. The van der Waals surface area contributed by atoms with Crippen LogP contribution in [0.5, 0.6) is 0 Å². The molecule has 0 radical (unpaired) electrons. The molecule has 0 aliphatic carbocycles. The number of rotatable bonds is 5. The maximum atomic E-state index is 11.9. The molecule has 0 spiro atoms. The van der Waals surface area contributed by atoms with E-state index in [1.165, 1.54) is 0 Å². The lowest BCUT2D eigenvalue weighted by molar-refractivity contribution is -0.121. The third-order valence-corrected chi connectivity index (χ3v) is 4.04. The van der Waals surface area contributed by atoms with Crippen LogP contribution in [0.1, 0.15) is 11.8 Å². The predicted octanol–water partition coefficient (Wildman–Crippen LogP) is 3.63. The minimum absolute atomic E-state index is 0.00341. The third kappa shape index (κ3) is 4.36. The fraction of sp³-hybridized carbons (Fsp3) is 0.214. The topological polar surface area (TPSA) is 41.1 Å². The normalized spacial score (nSPS) is 11.9. The summed E-state index contributed by atoms with van der Waals surface area (Å²) in [4.78, 5) is 13.1. The van der Waals surface area contributed by atoms with Gasteiger partial charge >= 0.3 is 0 Å². The van der Waals surface area contributed by atoms with E-state index in [0.717, 1.165) is 15.0 Å². The van der Waals surface area contributed by atoms with E-state index in [2.05, 4.69) is 26.6 Å². The molecule has 1 aromatic heterocycles. The molecule has 1 atom stereocenters. The van der Waals surface area contributed by atoms with Gasteiger partial charge in [0.25, 0.3) is 0 Å². The van der Waals surface area contributed by atoms with E-state index in [1.54, 1.807) is 11.3 Å². The Morgan fingerprint density at radius 1 is 1.32 bits per heavy atom. The predicted molar refractivity (Wildman–Crippen MR) is 83.4 cm³/mol. The molecule has 0 fully saturated rings. The molecule has 1 amide bonds. The zero-order valence-corrected chi connectivity index (χ0v) is 12.9. The van der Waals surface area contributed by atoms with Crippen LogP contribution in [0.15, 0.2) is 46.3 Å². The lowest BCUT2D eigenvalue weighted by Gasteiger charge is -2.15. The van der Waals surface area contributed by atoms with E-state index >= 15 is 0 Å². The standard InChI is InChI=1S/C14H15BrN2OS/c1-10(17-12-6-4-11(15)5-7-12)14(18)16-9-13-3-2-8-19-13/h2-8,10,17H,9H2,1H3,(H,16,18)/t10-/m1/s1. The number of halogens is 1. The first kappa shape index (κ1) is 14.1. The van der Waals surface area contributed by atoms with Gasteiger partial charge in [0.2, 0.25) is 5.91 Å². The Kier molecular flexibility index (Phi) is 4.99. The van der Waals surface area contributed by atoms with Crippen molar-refractivity contribution in [3.05, 3.63) is 51.1 Å². The van der Waals surface area contributed by atoms with E-state index in [0.29, 0.717) is 6.54 Å². The molecule has 1 aromatic carbocycles. The average molecular weight is 339 g/mol. The fourth-order valence-corrected chi connectivity index (χ4v) is 2.51. The number of nitrogens with one attached hydrogen (secondary N) is 2. The summed E-state index contributed by atoms with van der Waals surface area (Å²) in [5.41, 5.74) is 0.932. The van der Waals surface area contributed by atoms with Crippen molar-refractivity contribution in [3.8, 4) is 0 Å². The van der Waals surface area contributed by atoms with Gasteiger partial charge in [-0.2, -0.15) is 0 Å². The van der Waals surface area contributed by atoms with Crippen LogP contribution in [0.25, 0.3) is 0 Å². The van der Waals surface area contributed by atoms with E-state index in [9.17, 15) is 4.79 Å². The van der Waals surface area contributed by atoms with E-state index < -0.39 is 0 Å². The van der Waals surface area contributed by atoms with Gasteiger partial charge in [-0.05, 0) is 42.6 Å². The Labute approximate surface area is 125 Å². The van der Waals surface area contributed by atoms with Crippen molar-refractivity contribution in [3.63, 3.8) is 0 Å². The molecular formula is C14H15BrN2OS. The van der Waals surface area contributed by atoms with Crippen LogP contribution >= 0.6 is 27.3 Å². The Bertz CT molecular complexity index is 525. The van der Waals surface area contributed by atoms with Crippen molar-refractivity contribution in [2.75, 3.05) is 5.32 Å². The third-order valence-electron chi connectivity index (χ3n) is 2.64. The number of anilines is 1. The summed E-state index contributed by atoms with van der Waals surface area (Å²) in [5.74, 6) is -0.00341. The first-order chi connectivity index (χ1) is 9.15. The summed E-state index contributed by atoms with van der Waals surface area (Å²) in [6.07, 6.45) is 0. The first-order valence-corrected chi connectivity index (χ1v) is 7.64. The maximum absolute atomic E-state index is 11.9. The summed E-state index contributed by atoms with van der Waals surface area (Å²) in [5, 5.41) is 8.09. The minimum atomic E-state index is -0.263. The highest BCUT2D eigenvalue weighted by Gasteiger charge is 2.12. The lowest BCUT2D eigenvalue weighted by Crippen LogP contribution is -2.36. The Balaban J connectivity index is 1.83. The zero-order chi connectivity index (χ0) is 13.7. The van der Waals surface area contributed by atoms with Gasteiger partial charge in [-0.15, -0.1) is 11.3 Å². The zero-order valence-electron chi connectivity index (χ0n) is 10.5. The molecule has 0 aliphatic heterocycles. The molecule has 5 heteroatoms. The summed E-state index contributed by atoms with van der Waals surface area (Å²) < 4.78 is 1.02. The van der Waals surface area contributed by atoms with Crippen molar-refractivity contribution >= 4 is 38.9 Å². The van der Waals surface area contributed by atoms with Crippen molar-refractivity contribution in [1.82, 2.24) is 5.32 Å². The van der Waals surface area contributed by atoms with Gasteiger partial charge in [0.05, 0.1) is 6.54 Å². The molecule has 0 unspecified atom stereocenters. The number of hydrogen-bond donors (Lipinski definition) is 2. The second-order valence-corrected chi connectivity index (χ2v) is 6.12. The number of carbonyl (C=O) groups is 1. The van der Waals surface area contributed by atoms with Crippen LogP contribution in [-0.4, -0.2) is 11.9 Å². The number of hydrogen-bond acceptors (Lipinski definition) is 3. The van der Waals surface area contributed by atoms with Crippen molar-refractivity contribution in [2.24, 2.45) is 0 Å². The van der Waals surface area contributed by atoms with Gasteiger partial charge in [0, 0.05) is 15.0 Å². The molecule has 0 saturated heterocycles. The number of amides is 1. The highest BCUT2D eigenvalue weighted by Crippen LogP contribution is 2.15. The number of thiophene rings is 1. The van der Waals surface area contributed by atoms with Crippen molar-refractivity contribution in [1.29, 1.82) is 0 Å². The number of carbonyl (C=O) groups excluding carboxylic acids is 1. The second-order valence-electron chi connectivity index (χ2n) is 4.17. The largest absolute Gasteiger partial charge is 0.374 e. The molecule has 2 N–H and O–H groups in total. The SMILES string of the molecule is C[C@@H](Nc1ccc(Br)cc1)C(=O)NCc1cccs1. The quantitative estimate of drug-likeness (QED) is 0.873. The summed E-state index contributed by atoms with van der Waals surface area (Å²) in [6.45, 7) is 2.44. The smallest absolute Gasteiger partial charge is 0.242 e. The second kappa shape index (κ2) is 6.73. The van der Waals surface area contributed by atoms with Gasteiger partial charge < -0.3 is 10.6 Å². The Morgan fingerprint density at radius 3 is 2.68 bits per heavy atom. The van der Waals surface area contributed by atoms with Crippen molar-refractivity contribution < 1.29 is 4.79 Å². The van der Waals surface area contributed by atoms with Crippen LogP contribution < -0.4 is 10.6 Å². The summed E-state index contributed by atoms with van der Waals surface area (Å²) in [7, 11) is 0. The molecule has 19 heavy (non-hydrogen) atoms. The molecule has 100 valence electrons. The highest BCUT2D eigenvalue weighted by molar-refractivity contribution is 9.10. The molecule has 2 rings (SSSR count). The number of benzene rings is 1. The Hall–Kier alpha value is -1.33. The minimum Gasteiger partial charge on any atom is -0.374 e. The van der Waals surface area contributed by atoms with E-state index in [-0.39, 0.29) is 11.9 Å². The van der Waals surface area contributed by atoms with E-state index in [1.807, 2.05) is 48.7 Å². The van der Waals surface area contributed by atoms with Crippen LogP contribution in [0.2, 0.25) is 0 Å². The van der Waals surface area contributed by atoms with Gasteiger partial charge in [0.1, 0.15) is 6.04 Å². The molecule has 0 aliphatic rings. The van der Waals surface area contributed by atoms with Gasteiger partial charge in [-0.3, -0.25) is 4.79 Å². The molecule has 0 bridgehead atoms. The molecular weight excluding hydrogens is 324 g/mol. The molecule has 3 nitrogen and oxygen atoms in total. The van der Waals surface area contributed by atoms with Crippen molar-refractivity contribution in [2.45, 2.75) is 19.5 Å². The fourth-order valence-electron chi connectivity index (χ4n) is 1.60. The average Bonchev–Trinajstić information content (AvgIpc) is 2.91. The lowest BCUT2D eigenvalue weighted by atomic mass is 10.2. The molecule has 1 heterocycles. The highest BCUT2D eigenvalue weighted by atomic mass is 79.9. The van der Waals surface area contributed by atoms with Gasteiger partial charge in [0.15, 0.2) is 0 Å². The molecule has 2 aromatic rings. The van der Waals surface area contributed by atoms with Gasteiger partial charge in [-0.25, -0.2) is 0 Å². The summed E-state index contributed by atoms with van der Waals surface area (Å²) in [6, 6.07) is 11.5. The molecule has 0 saturated carbocycles. The van der Waals surface area contributed by atoms with Crippen LogP contribution in [0.3, 0.4) is 0 Å². The van der Waals surface area contributed by atoms with E-state index in [4.69, 9.17) is 0 Å². The first-order valence-electron chi connectivity index (χ1n) is 5.97. The summed E-state index contributed by atoms with van der Waals surface area (Å²) >= 11 is 5.02.